The van der Waals surface area contributed by atoms with Crippen LogP contribution in [0.15, 0.2) is 18.2 Å². The van der Waals surface area contributed by atoms with Gasteiger partial charge in [-0.25, -0.2) is 0 Å². The largest absolute Gasteiger partial charge is 0.368 e. The van der Waals surface area contributed by atoms with Crippen LogP contribution in [-0.4, -0.2) is 82.7 Å². The van der Waals surface area contributed by atoms with Gasteiger partial charge < -0.3 is 26.6 Å². The molecule has 1 aliphatic rings. The molecule has 1 atom stereocenters. The molecule has 0 fully saturated rings. The molecule has 0 aliphatic carbocycles. The highest BCUT2D eigenvalue weighted by molar-refractivity contribution is 7.98. The SMILES string of the molecule is CN1CC(=O)NC(C(N)=O)CSCc2ccc([N+](=O)[O-])cc2C(=O)N(CC(N)=O)CC1=O. The second-order valence-corrected chi connectivity index (χ2v) is 8.04. The number of nitrogens with two attached hydrogens (primary N) is 2. The van der Waals surface area contributed by atoms with E-state index in [1.54, 1.807) is 0 Å². The van der Waals surface area contributed by atoms with Crippen molar-refractivity contribution in [1.82, 2.24) is 15.1 Å². The quantitative estimate of drug-likeness (QED) is 0.341. The molecule has 1 aromatic rings. The van der Waals surface area contributed by atoms with E-state index in [0.29, 0.717) is 5.56 Å². The van der Waals surface area contributed by atoms with Crippen molar-refractivity contribution in [3.8, 4) is 0 Å². The first kappa shape index (κ1) is 24.6. The van der Waals surface area contributed by atoms with Gasteiger partial charge >= 0.3 is 0 Å². The van der Waals surface area contributed by atoms with E-state index in [9.17, 15) is 34.1 Å². The molecule has 0 radical (unpaired) electrons. The summed E-state index contributed by atoms with van der Waals surface area (Å²) in [6, 6.07) is 2.61. The number of hydrogen-bond donors (Lipinski definition) is 3. The number of carbonyl (C=O) groups is 5. The Kier molecular flexibility index (Phi) is 8.12. The first-order chi connectivity index (χ1) is 15.0. The summed E-state index contributed by atoms with van der Waals surface area (Å²) in [5, 5.41) is 13.7. The van der Waals surface area contributed by atoms with E-state index in [4.69, 9.17) is 11.5 Å². The molecule has 1 aromatic carbocycles. The van der Waals surface area contributed by atoms with Gasteiger partial charge in [-0.15, -0.1) is 0 Å². The Morgan fingerprint density at radius 2 is 1.94 bits per heavy atom. The molecule has 0 spiro atoms. The summed E-state index contributed by atoms with van der Waals surface area (Å²) >= 11 is 1.17. The van der Waals surface area contributed by atoms with Gasteiger partial charge in [0.05, 0.1) is 17.0 Å². The van der Waals surface area contributed by atoms with Crippen molar-refractivity contribution in [1.29, 1.82) is 0 Å². The summed E-state index contributed by atoms with van der Waals surface area (Å²) in [5.41, 5.74) is 10.5. The van der Waals surface area contributed by atoms with E-state index in [2.05, 4.69) is 5.32 Å². The molecule has 5 amide bonds. The molecule has 1 heterocycles. The predicted molar refractivity (Wildman–Crippen MR) is 113 cm³/mol. The third-order valence-corrected chi connectivity index (χ3v) is 5.61. The fourth-order valence-electron chi connectivity index (χ4n) is 2.87. The van der Waals surface area contributed by atoms with Gasteiger partial charge in [0, 0.05) is 30.7 Å². The average Bonchev–Trinajstić information content (AvgIpc) is 2.70. The van der Waals surface area contributed by atoms with Gasteiger partial charge in [0.25, 0.3) is 11.6 Å². The van der Waals surface area contributed by atoms with Crippen molar-refractivity contribution >= 4 is 47.0 Å². The average molecular weight is 466 g/mol. The third kappa shape index (κ3) is 6.41. The third-order valence-electron chi connectivity index (χ3n) is 4.52. The van der Waals surface area contributed by atoms with Gasteiger partial charge in [-0.05, 0) is 5.56 Å². The molecule has 5 N–H and O–H groups in total. The van der Waals surface area contributed by atoms with Crippen molar-refractivity contribution in [2.24, 2.45) is 11.5 Å². The fourth-order valence-corrected chi connectivity index (χ4v) is 3.94. The number of hydrogen-bond acceptors (Lipinski definition) is 8. The number of non-ortho nitro benzene ring substituents is 1. The lowest BCUT2D eigenvalue weighted by Gasteiger charge is -2.26. The molecule has 0 saturated heterocycles. The number of likely N-dealkylation sites (N-methyl/N-ethyl adjacent to an activating group) is 1. The van der Waals surface area contributed by atoms with Crippen molar-refractivity contribution in [2.45, 2.75) is 11.8 Å². The van der Waals surface area contributed by atoms with Crippen LogP contribution in [0.5, 0.6) is 0 Å². The zero-order chi connectivity index (χ0) is 24.0. The summed E-state index contributed by atoms with van der Waals surface area (Å²) in [7, 11) is 1.30. The van der Waals surface area contributed by atoms with E-state index < -0.39 is 60.1 Å². The molecule has 13 nitrogen and oxygen atoms in total. The summed E-state index contributed by atoms with van der Waals surface area (Å²) in [5.74, 6) is -3.60. The normalized spacial score (nSPS) is 18.4. The van der Waals surface area contributed by atoms with Gasteiger partial charge in [-0.3, -0.25) is 34.1 Å². The Bertz CT molecular complexity index is 969. The zero-order valence-corrected chi connectivity index (χ0v) is 17.9. The molecule has 1 unspecified atom stereocenters. The fraction of sp³-hybridized carbons (Fsp3) is 0.389. The maximum Gasteiger partial charge on any atom is 0.270 e. The van der Waals surface area contributed by atoms with Crippen LogP contribution in [-0.2, 0) is 24.9 Å². The van der Waals surface area contributed by atoms with Gasteiger partial charge in [0.2, 0.25) is 23.6 Å². The Labute approximate surface area is 186 Å². The summed E-state index contributed by atoms with van der Waals surface area (Å²) in [6.07, 6.45) is 0. The van der Waals surface area contributed by atoms with Crippen LogP contribution < -0.4 is 16.8 Å². The molecule has 0 saturated carbocycles. The van der Waals surface area contributed by atoms with Gasteiger partial charge in [0.15, 0.2) is 0 Å². The number of fused-ring (bicyclic) bond motifs is 1. The summed E-state index contributed by atoms with van der Waals surface area (Å²) < 4.78 is 0. The number of nitro benzene ring substituents is 1. The van der Waals surface area contributed by atoms with E-state index in [-0.39, 0.29) is 22.8 Å². The highest BCUT2D eigenvalue weighted by atomic mass is 32.2. The van der Waals surface area contributed by atoms with Gasteiger partial charge in [-0.1, -0.05) is 6.07 Å². The minimum absolute atomic E-state index is 0.0638. The van der Waals surface area contributed by atoms with Crippen molar-refractivity contribution in [2.75, 3.05) is 32.4 Å². The monoisotopic (exact) mass is 466 g/mol. The molecule has 32 heavy (non-hydrogen) atoms. The number of nitrogens with zero attached hydrogens (tertiary/aromatic N) is 3. The van der Waals surface area contributed by atoms with Crippen LogP contribution in [0.1, 0.15) is 15.9 Å². The topological polar surface area (TPSA) is 199 Å². The predicted octanol–water partition coefficient (Wildman–Crippen LogP) is -1.80. The number of nitro groups is 1. The molecular weight excluding hydrogens is 444 g/mol. The molecule has 172 valence electrons. The Hall–Kier alpha value is -3.68. The number of carbonyl (C=O) groups excluding carboxylic acids is 5. The number of benzene rings is 1. The zero-order valence-electron chi connectivity index (χ0n) is 17.1. The molecule has 0 aromatic heterocycles. The molecule has 1 aliphatic heterocycles. The second-order valence-electron chi connectivity index (χ2n) is 7.01. The van der Waals surface area contributed by atoms with Crippen molar-refractivity contribution in [3.05, 3.63) is 39.4 Å². The van der Waals surface area contributed by atoms with Crippen molar-refractivity contribution in [3.63, 3.8) is 0 Å². The molecule has 14 heteroatoms. The van der Waals surface area contributed by atoms with Gasteiger partial charge in [-0.2, -0.15) is 11.8 Å². The maximum atomic E-state index is 13.2. The number of primary amides is 2. The molecule has 2 rings (SSSR count). The summed E-state index contributed by atoms with van der Waals surface area (Å²) in [6.45, 7) is -1.63. The van der Waals surface area contributed by atoms with E-state index in [1.807, 2.05) is 0 Å². The minimum atomic E-state index is -1.03. The van der Waals surface area contributed by atoms with Crippen molar-refractivity contribution < 1.29 is 28.9 Å². The first-order valence-corrected chi connectivity index (χ1v) is 10.4. The van der Waals surface area contributed by atoms with E-state index >= 15 is 0 Å². The highest BCUT2D eigenvalue weighted by Gasteiger charge is 2.28. The van der Waals surface area contributed by atoms with E-state index in [1.165, 1.54) is 30.9 Å². The highest BCUT2D eigenvalue weighted by Crippen LogP contribution is 2.24. The van der Waals surface area contributed by atoms with E-state index in [0.717, 1.165) is 15.9 Å². The lowest BCUT2D eigenvalue weighted by Crippen LogP contribution is -2.51. The smallest absolute Gasteiger partial charge is 0.270 e. The lowest BCUT2D eigenvalue weighted by molar-refractivity contribution is -0.384. The molecule has 0 bridgehead atoms. The van der Waals surface area contributed by atoms with Crippen LogP contribution in [0.25, 0.3) is 0 Å². The minimum Gasteiger partial charge on any atom is -0.368 e. The number of nitrogens with one attached hydrogen (secondary N) is 1. The van der Waals surface area contributed by atoms with Crippen LogP contribution in [0.4, 0.5) is 5.69 Å². The number of rotatable bonds is 4. The lowest BCUT2D eigenvalue weighted by atomic mass is 10.1. The standard InChI is InChI=1S/C18H22N6O7S/c1-22-6-15(26)21-13(17(20)28)9-32-8-10-2-3-11(24(30)31)4-12(10)18(29)23(5-14(19)25)7-16(22)27/h2-4,13H,5-9H2,1H3,(H2,19,25)(H2,20,28)(H,21,26). The Balaban J connectivity index is 2.51. The Morgan fingerprint density at radius 1 is 1.25 bits per heavy atom. The number of amides is 5. The van der Waals surface area contributed by atoms with Crippen LogP contribution in [0.3, 0.4) is 0 Å². The summed E-state index contributed by atoms with van der Waals surface area (Å²) in [4.78, 5) is 73.5. The second kappa shape index (κ2) is 10.6. The van der Waals surface area contributed by atoms with Crippen LogP contribution in [0.2, 0.25) is 0 Å². The van der Waals surface area contributed by atoms with Crippen LogP contribution in [0, 0.1) is 10.1 Å². The van der Waals surface area contributed by atoms with Crippen LogP contribution >= 0.6 is 11.8 Å². The molecular formula is C18H22N6O7S. The van der Waals surface area contributed by atoms with Gasteiger partial charge in [0.1, 0.15) is 19.1 Å². The maximum absolute atomic E-state index is 13.2. The Morgan fingerprint density at radius 3 is 2.53 bits per heavy atom. The first-order valence-electron chi connectivity index (χ1n) is 9.25. The number of thioether (sulfide) groups is 1.